The molecule has 0 aliphatic carbocycles. The maximum atomic E-state index is 11.9. The predicted octanol–water partition coefficient (Wildman–Crippen LogP) is 2.28. The molecule has 2 aliphatic rings. The van der Waals surface area contributed by atoms with Crippen molar-refractivity contribution in [2.75, 3.05) is 11.1 Å². The smallest absolute Gasteiger partial charge is 0.258 e. The summed E-state index contributed by atoms with van der Waals surface area (Å²) in [5.74, 6) is -0.322. The zero-order valence-corrected chi connectivity index (χ0v) is 13.5. The molecule has 0 saturated carbocycles. The van der Waals surface area contributed by atoms with Crippen LogP contribution in [0.1, 0.15) is 0 Å². The number of anilines is 1. The number of aliphatic imine (C=N–C) groups is 1. The summed E-state index contributed by atoms with van der Waals surface area (Å²) >= 11 is 4.48. The quantitative estimate of drug-likeness (QED) is 0.842. The lowest BCUT2D eigenvalue weighted by Crippen LogP contribution is -2.38. The summed E-state index contributed by atoms with van der Waals surface area (Å²) < 4.78 is 0.939. The third-order valence-corrected chi connectivity index (χ3v) is 4.26. The van der Waals surface area contributed by atoms with E-state index in [0.29, 0.717) is 16.4 Å². The van der Waals surface area contributed by atoms with Crippen LogP contribution >= 0.6 is 27.7 Å². The second kappa shape index (κ2) is 6.41. The van der Waals surface area contributed by atoms with Crippen LogP contribution < -0.4 is 10.6 Å². The molecule has 2 aliphatic heterocycles. The number of hydrogen-bond donors (Lipinski definition) is 2. The summed E-state index contributed by atoms with van der Waals surface area (Å²) in [6.07, 6.45) is 0.816. The monoisotopic (exact) mass is 379 g/mol. The van der Waals surface area contributed by atoms with E-state index >= 15 is 0 Å². The fourth-order valence-corrected chi connectivity index (χ4v) is 2.75. The molecule has 1 aromatic carbocycles. The molecule has 3 rings (SSSR count). The minimum absolute atomic E-state index is 0.137. The third-order valence-electron chi connectivity index (χ3n) is 2.84. The van der Waals surface area contributed by atoms with Gasteiger partial charge in [0.25, 0.3) is 5.91 Å². The number of amides is 2. The minimum Gasteiger partial charge on any atom is -0.325 e. The molecule has 0 radical (unpaired) electrons. The number of azo groups is 1. The number of fused-ring (bicyclic) bond motifs is 1. The zero-order chi connectivity index (χ0) is 15.5. The van der Waals surface area contributed by atoms with Gasteiger partial charge in [-0.25, -0.2) is 4.99 Å². The number of thioether (sulfide) groups is 1. The number of hydrogen-bond acceptors (Lipinski definition) is 6. The van der Waals surface area contributed by atoms with Crippen LogP contribution in [0.5, 0.6) is 0 Å². The lowest BCUT2D eigenvalue weighted by molar-refractivity contribution is -0.116. The van der Waals surface area contributed by atoms with Crippen LogP contribution in [0.25, 0.3) is 0 Å². The van der Waals surface area contributed by atoms with Crippen LogP contribution in [-0.4, -0.2) is 28.9 Å². The first-order valence-electron chi connectivity index (χ1n) is 6.29. The maximum Gasteiger partial charge on any atom is 0.258 e. The lowest BCUT2D eigenvalue weighted by Gasteiger charge is -2.16. The molecule has 2 N–H and O–H groups in total. The number of halogens is 1. The van der Waals surface area contributed by atoms with Crippen LogP contribution in [0.2, 0.25) is 0 Å². The van der Waals surface area contributed by atoms with Crippen molar-refractivity contribution in [2.24, 2.45) is 15.2 Å². The van der Waals surface area contributed by atoms with Gasteiger partial charge >= 0.3 is 0 Å². The Hall–Kier alpha value is -2.00. The molecule has 22 heavy (non-hydrogen) atoms. The van der Waals surface area contributed by atoms with Crippen LogP contribution in [-0.2, 0) is 9.59 Å². The van der Waals surface area contributed by atoms with E-state index in [2.05, 4.69) is 41.8 Å². The van der Waals surface area contributed by atoms with Crippen molar-refractivity contribution < 1.29 is 9.59 Å². The first-order valence-corrected chi connectivity index (χ1v) is 8.07. The van der Waals surface area contributed by atoms with E-state index in [1.54, 1.807) is 12.1 Å². The summed E-state index contributed by atoms with van der Waals surface area (Å²) in [6, 6.07) is 7.27. The fraction of sp³-hybridized carbons (Fsp3) is 0.154. The van der Waals surface area contributed by atoms with Crippen LogP contribution in [0.15, 0.2) is 55.7 Å². The molecular formula is C13H10BrN5O2S. The molecule has 0 spiro atoms. The topological polar surface area (TPSA) is 95.3 Å². The van der Waals surface area contributed by atoms with Gasteiger partial charge in [-0.2, -0.15) is 10.2 Å². The first-order chi connectivity index (χ1) is 10.6. The van der Waals surface area contributed by atoms with Gasteiger partial charge in [0.2, 0.25) is 5.91 Å². The van der Waals surface area contributed by atoms with E-state index < -0.39 is 6.17 Å². The van der Waals surface area contributed by atoms with Crippen molar-refractivity contribution in [1.29, 1.82) is 0 Å². The van der Waals surface area contributed by atoms with E-state index in [-0.39, 0.29) is 17.6 Å². The molecule has 0 saturated heterocycles. The van der Waals surface area contributed by atoms with Crippen molar-refractivity contribution >= 4 is 50.4 Å². The number of amidine groups is 1. The van der Waals surface area contributed by atoms with E-state index in [9.17, 15) is 9.59 Å². The van der Waals surface area contributed by atoms with Crippen molar-refractivity contribution in [3.8, 4) is 0 Å². The number of rotatable bonds is 3. The molecule has 7 nitrogen and oxygen atoms in total. The van der Waals surface area contributed by atoms with Crippen LogP contribution in [0.3, 0.4) is 0 Å². The Morgan fingerprint density at radius 3 is 2.91 bits per heavy atom. The second-order valence-electron chi connectivity index (χ2n) is 4.42. The maximum absolute atomic E-state index is 11.9. The van der Waals surface area contributed by atoms with Crippen LogP contribution in [0, 0.1) is 0 Å². The highest BCUT2D eigenvalue weighted by Crippen LogP contribution is 2.22. The Bertz CT molecular complexity index is 714. The zero-order valence-electron chi connectivity index (χ0n) is 11.1. The number of benzene rings is 1. The number of carbonyl (C=O) groups excluding carboxylic acids is 2. The molecule has 0 aromatic heterocycles. The fourth-order valence-electron chi connectivity index (χ4n) is 1.81. The standard InChI is InChI=1S/C13H10BrN5O2S/c14-7-1-3-8(4-2-7)16-10(20)6-22-13-17-11-9(5-15-19-11)12(21)18-13/h1-5,11H,6H2,(H,16,20)(H,17,18,21). The molecule has 112 valence electrons. The van der Waals surface area contributed by atoms with Crippen molar-refractivity contribution in [1.82, 2.24) is 5.32 Å². The predicted molar refractivity (Wildman–Crippen MR) is 87.5 cm³/mol. The Balaban J connectivity index is 1.55. The average Bonchev–Trinajstić information content (AvgIpc) is 2.97. The van der Waals surface area contributed by atoms with Gasteiger partial charge in [-0.1, -0.05) is 27.7 Å². The van der Waals surface area contributed by atoms with E-state index in [0.717, 1.165) is 16.2 Å². The molecule has 0 fully saturated rings. The number of nitrogens with one attached hydrogen (secondary N) is 2. The Kier molecular flexibility index (Phi) is 4.34. The summed E-state index contributed by atoms with van der Waals surface area (Å²) in [5, 5.41) is 13.3. The molecular weight excluding hydrogens is 370 g/mol. The van der Waals surface area contributed by atoms with Gasteiger partial charge < -0.3 is 10.6 Å². The van der Waals surface area contributed by atoms with Gasteiger partial charge in [0, 0.05) is 10.2 Å². The normalized spacial score (nSPS) is 19.1. The van der Waals surface area contributed by atoms with Gasteiger partial charge in [0.1, 0.15) is 0 Å². The van der Waals surface area contributed by atoms with E-state index in [1.807, 2.05) is 12.1 Å². The SMILES string of the molecule is O=C(CSC1=NC2N=NC=C2C(=O)N1)Nc1ccc(Br)cc1. The summed E-state index contributed by atoms with van der Waals surface area (Å²) in [5.41, 5.74) is 1.13. The molecule has 2 heterocycles. The Morgan fingerprint density at radius 2 is 2.14 bits per heavy atom. The largest absolute Gasteiger partial charge is 0.325 e. The van der Waals surface area contributed by atoms with E-state index in [1.165, 1.54) is 6.20 Å². The Labute approximate surface area is 138 Å². The highest BCUT2D eigenvalue weighted by molar-refractivity contribution is 9.10. The van der Waals surface area contributed by atoms with Gasteiger partial charge in [-0.15, -0.1) is 0 Å². The van der Waals surface area contributed by atoms with Crippen molar-refractivity contribution in [3.05, 3.63) is 40.5 Å². The van der Waals surface area contributed by atoms with Gasteiger partial charge in [-0.05, 0) is 24.3 Å². The molecule has 1 aromatic rings. The van der Waals surface area contributed by atoms with Crippen molar-refractivity contribution in [3.63, 3.8) is 0 Å². The summed E-state index contributed by atoms with van der Waals surface area (Å²) in [6.45, 7) is 0. The Morgan fingerprint density at radius 1 is 1.36 bits per heavy atom. The average molecular weight is 380 g/mol. The molecule has 9 heteroatoms. The van der Waals surface area contributed by atoms with E-state index in [4.69, 9.17) is 0 Å². The van der Waals surface area contributed by atoms with Crippen molar-refractivity contribution in [2.45, 2.75) is 6.17 Å². The molecule has 2 amide bonds. The second-order valence-corrected chi connectivity index (χ2v) is 6.30. The number of carbonyl (C=O) groups is 2. The molecule has 1 unspecified atom stereocenters. The van der Waals surface area contributed by atoms with Gasteiger partial charge in [0.15, 0.2) is 11.3 Å². The van der Waals surface area contributed by atoms with Gasteiger partial charge in [-0.3, -0.25) is 9.59 Å². The molecule has 1 atom stereocenters. The molecule has 0 bridgehead atoms. The summed E-state index contributed by atoms with van der Waals surface area (Å²) in [4.78, 5) is 27.9. The number of nitrogens with zero attached hydrogens (tertiary/aromatic N) is 3. The van der Waals surface area contributed by atoms with Gasteiger partial charge in [0.05, 0.1) is 17.5 Å². The lowest BCUT2D eigenvalue weighted by atomic mass is 10.2. The third kappa shape index (κ3) is 3.42. The van der Waals surface area contributed by atoms with Crippen LogP contribution in [0.4, 0.5) is 5.69 Å². The minimum atomic E-state index is -0.578. The summed E-state index contributed by atoms with van der Waals surface area (Å²) in [7, 11) is 0. The first kappa shape index (κ1) is 14.9. The highest BCUT2D eigenvalue weighted by atomic mass is 79.9. The highest BCUT2D eigenvalue weighted by Gasteiger charge is 2.29.